The maximum atomic E-state index is 5.97. The Kier molecular flexibility index (Phi) is 4.69. The van der Waals surface area contributed by atoms with E-state index in [1.807, 2.05) is 30.0 Å². The molecule has 2 N–H and O–H groups in total. The smallest absolute Gasteiger partial charge is 0.213 e. The molecule has 0 radical (unpaired) electrons. The number of nitrogens with zero attached hydrogens (tertiary/aromatic N) is 3. The lowest BCUT2D eigenvalue weighted by Crippen LogP contribution is -2.42. The summed E-state index contributed by atoms with van der Waals surface area (Å²) in [6, 6.07) is 5.65. The van der Waals surface area contributed by atoms with Crippen LogP contribution in [0.5, 0.6) is 5.88 Å². The van der Waals surface area contributed by atoms with Crippen molar-refractivity contribution in [1.82, 2.24) is 9.88 Å². The molecule has 98 valence electrons. The van der Waals surface area contributed by atoms with E-state index in [0.29, 0.717) is 18.4 Å². The first-order valence-corrected chi connectivity index (χ1v) is 7.07. The lowest BCUT2D eigenvalue weighted by atomic mass is 10.3. The Labute approximate surface area is 111 Å². The van der Waals surface area contributed by atoms with Crippen LogP contribution in [0.1, 0.15) is 5.69 Å². The molecule has 1 fully saturated rings. The first-order chi connectivity index (χ1) is 8.79. The summed E-state index contributed by atoms with van der Waals surface area (Å²) in [6.45, 7) is 2.45. The highest BCUT2D eigenvalue weighted by molar-refractivity contribution is 7.99. The summed E-state index contributed by atoms with van der Waals surface area (Å²) in [7, 11) is 1.61. The van der Waals surface area contributed by atoms with E-state index in [2.05, 4.69) is 14.9 Å². The van der Waals surface area contributed by atoms with E-state index in [0.717, 1.165) is 30.3 Å². The molecule has 0 amide bonds. The Morgan fingerprint density at radius 2 is 2.28 bits per heavy atom. The van der Waals surface area contributed by atoms with Crippen molar-refractivity contribution in [3.05, 3.63) is 23.9 Å². The van der Waals surface area contributed by atoms with Crippen molar-refractivity contribution in [3.63, 3.8) is 0 Å². The molecule has 0 spiro atoms. The third kappa shape index (κ3) is 3.53. The summed E-state index contributed by atoms with van der Waals surface area (Å²) < 4.78 is 5.07. The second-order valence-electron chi connectivity index (χ2n) is 3.95. The van der Waals surface area contributed by atoms with Crippen molar-refractivity contribution in [2.75, 3.05) is 31.7 Å². The van der Waals surface area contributed by atoms with Crippen LogP contribution < -0.4 is 10.5 Å². The molecule has 1 aromatic heterocycles. The van der Waals surface area contributed by atoms with Crippen LogP contribution in [0, 0.1) is 0 Å². The molecule has 18 heavy (non-hydrogen) atoms. The second kappa shape index (κ2) is 6.49. The van der Waals surface area contributed by atoms with Gasteiger partial charge in [0, 0.05) is 30.7 Å². The Balaban J connectivity index is 1.95. The lowest BCUT2D eigenvalue weighted by Gasteiger charge is -2.27. The van der Waals surface area contributed by atoms with Crippen LogP contribution >= 0.6 is 11.8 Å². The Morgan fingerprint density at radius 3 is 3.00 bits per heavy atom. The van der Waals surface area contributed by atoms with Crippen LogP contribution in [0.2, 0.25) is 0 Å². The minimum Gasteiger partial charge on any atom is -0.481 e. The zero-order chi connectivity index (χ0) is 12.8. The van der Waals surface area contributed by atoms with Gasteiger partial charge in [-0.15, -0.1) is 0 Å². The van der Waals surface area contributed by atoms with Crippen molar-refractivity contribution < 1.29 is 4.74 Å². The summed E-state index contributed by atoms with van der Waals surface area (Å²) >= 11 is 1.95. The van der Waals surface area contributed by atoms with Gasteiger partial charge in [0.15, 0.2) is 5.96 Å². The summed E-state index contributed by atoms with van der Waals surface area (Å²) in [4.78, 5) is 10.8. The SMILES string of the molecule is COc1cccc(CN=C(N)N2CCSCC2)n1. The molecule has 6 heteroatoms. The van der Waals surface area contributed by atoms with Crippen molar-refractivity contribution in [3.8, 4) is 5.88 Å². The maximum absolute atomic E-state index is 5.97. The maximum Gasteiger partial charge on any atom is 0.213 e. The molecule has 0 atom stereocenters. The molecular formula is C12H18N4OS. The van der Waals surface area contributed by atoms with Gasteiger partial charge >= 0.3 is 0 Å². The van der Waals surface area contributed by atoms with E-state index >= 15 is 0 Å². The zero-order valence-electron chi connectivity index (χ0n) is 10.5. The monoisotopic (exact) mass is 266 g/mol. The fraction of sp³-hybridized carbons (Fsp3) is 0.500. The summed E-state index contributed by atoms with van der Waals surface area (Å²) in [5.41, 5.74) is 6.84. The molecule has 0 aliphatic carbocycles. The number of ether oxygens (including phenoxy) is 1. The number of aromatic nitrogens is 1. The van der Waals surface area contributed by atoms with E-state index in [1.165, 1.54) is 0 Å². The molecule has 0 saturated carbocycles. The normalized spacial score (nSPS) is 16.7. The fourth-order valence-corrected chi connectivity index (χ4v) is 2.62. The number of nitrogens with two attached hydrogens (primary N) is 1. The van der Waals surface area contributed by atoms with Crippen LogP contribution in [-0.2, 0) is 6.54 Å². The highest BCUT2D eigenvalue weighted by Crippen LogP contribution is 2.10. The highest BCUT2D eigenvalue weighted by atomic mass is 32.2. The molecule has 2 heterocycles. The summed E-state index contributed by atoms with van der Waals surface area (Å²) in [5, 5.41) is 0. The van der Waals surface area contributed by atoms with Gasteiger partial charge in [-0.3, -0.25) is 0 Å². The third-order valence-electron chi connectivity index (χ3n) is 2.73. The number of guanidine groups is 1. The molecule has 0 unspecified atom stereocenters. The van der Waals surface area contributed by atoms with Crippen LogP contribution in [0.25, 0.3) is 0 Å². The molecule has 1 saturated heterocycles. The summed E-state index contributed by atoms with van der Waals surface area (Å²) in [6.07, 6.45) is 0. The van der Waals surface area contributed by atoms with Gasteiger partial charge in [-0.2, -0.15) is 11.8 Å². The van der Waals surface area contributed by atoms with Crippen molar-refractivity contribution in [1.29, 1.82) is 0 Å². The quantitative estimate of drug-likeness (QED) is 0.652. The molecule has 0 aromatic carbocycles. The number of hydrogen-bond acceptors (Lipinski definition) is 4. The van der Waals surface area contributed by atoms with E-state index in [1.54, 1.807) is 7.11 Å². The molecule has 1 aromatic rings. The number of rotatable bonds is 3. The van der Waals surface area contributed by atoms with Gasteiger partial charge in [-0.05, 0) is 6.07 Å². The van der Waals surface area contributed by atoms with Gasteiger partial charge in [0.25, 0.3) is 0 Å². The lowest BCUT2D eigenvalue weighted by molar-refractivity contribution is 0.396. The van der Waals surface area contributed by atoms with Crippen molar-refractivity contribution >= 4 is 17.7 Å². The number of pyridine rings is 1. The first-order valence-electron chi connectivity index (χ1n) is 5.92. The topological polar surface area (TPSA) is 63.7 Å². The average Bonchev–Trinajstić information content (AvgIpc) is 2.46. The molecular weight excluding hydrogens is 248 g/mol. The Morgan fingerprint density at radius 1 is 1.50 bits per heavy atom. The molecule has 0 bridgehead atoms. The number of hydrogen-bond donors (Lipinski definition) is 1. The fourth-order valence-electron chi connectivity index (χ4n) is 1.71. The first kappa shape index (κ1) is 13.0. The Bertz CT molecular complexity index is 418. The third-order valence-corrected chi connectivity index (χ3v) is 3.67. The number of methoxy groups -OCH3 is 1. The predicted octanol–water partition coefficient (Wildman–Crippen LogP) is 0.954. The minimum atomic E-state index is 0.493. The van der Waals surface area contributed by atoms with Crippen molar-refractivity contribution in [2.45, 2.75) is 6.54 Å². The molecule has 2 rings (SSSR count). The van der Waals surface area contributed by atoms with Crippen molar-refractivity contribution in [2.24, 2.45) is 10.7 Å². The molecule has 5 nitrogen and oxygen atoms in total. The van der Waals surface area contributed by atoms with Crippen LogP contribution in [-0.4, -0.2) is 47.5 Å². The second-order valence-corrected chi connectivity index (χ2v) is 5.17. The van der Waals surface area contributed by atoms with E-state index in [9.17, 15) is 0 Å². The Hall–Kier alpha value is -1.43. The molecule has 1 aliphatic heterocycles. The van der Waals surface area contributed by atoms with Gasteiger partial charge in [-0.1, -0.05) is 6.07 Å². The van der Waals surface area contributed by atoms with E-state index in [4.69, 9.17) is 10.5 Å². The largest absolute Gasteiger partial charge is 0.481 e. The van der Waals surface area contributed by atoms with Crippen LogP contribution in [0.15, 0.2) is 23.2 Å². The van der Waals surface area contributed by atoms with E-state index in [-0.39, 0.29) is 0 Å². The number of thioether (sulfide) groups is 1. The van der Waals surface area contributed by atoms with Gasteiger partial charge in [0.05, 0.1) is 19.3 Å². The van der Waals surface area contributed by atoms with Gasteiger partial charge in [0.1, 0.15) is 0 Å². The van der Waals surface area contributed by atoms with Gasteiger partial charge in [-0.25, -0.2) is 9.98 Å². The standard InChI is InChI=1S/C12H18N4OS/c1-17-11-4-2-3-10(15-11)9-14-12(13)16-5-7-18-8-6-16/h2-4H,5-9H2,1H3,(H2,13,14). The average molecular weight is 266 g/mol. The summed E-state index contributed by atoms with van der Waals surface area (Å²) in [5.74, 6) is 3.46. The highest BCUT2D eigenvalue weighted by Gasteiger charge is 2.11. The van der Waals surface area contributed by atoms with Crippen LogP contribution in [0.3, 0.4) is 0 Å². The number of aliphatic imine (C=N–C) groups is 1. The van der Waals surface area contributed by atoms with E-state index < -0.39 is 0 Å². The van der Waals surface area contributed by atoms with Crippen LogP contribution in [0.4, 0.5) is 0 Å². The molecule has 1 aliphatic rings. The van der Waals surface area contributed by atoms with Gasteiger partial charge < -0.3 is 15.4 Å². The van der Waals surface area contributed by atoms with Gasteiger partial charge in [0.2, 0.25) is 5.88 Å². The predicted molar refractivity (Wildman–Crippen MR) is 75.0 cm³/mol. The minimum absolute atomic E-state index is 0.493. The zero-order valence-corrected chi connectivity index (χ0v) is 11.3.